The van der Waals surface area contributed by atoms with E-state index in [9.17, 15) is 0 Å². The third-order valence-corrected chi connectivity index (χ3v) is 6.59. The summed E-state index contributed by atoms with van der Waals surface area (Å²) in [6, 6.07) is 0. The second kappa shape index (κ2) is 6.03. The largest absolute Gasteiger partial charge is 0.339 e. The minimum Gasteiger partial charge on any atom is -0.339 e. The van der Waals surface area contributed by atoms with Gasteiger partial charge in [-0.2, -0.15) is 9.61 Å². The Labute approximate surface area is 144 Å². The van der Waals surface area contributed by atoms with Gasteiger partial charge in [0.15, 0.2) is 10.8 Å². The molecule has 3 aromatic heterocycles. The lowest BCUT2D eigenvalue weighted by molar-refractivity contribution is -0.855. The predicted octanol–water partition coefficient (Wildman–Crippen LogP) is 1.70. The van der Waals surface area contributed by atoms with Crippen LogP contribution in [0.25, 0.3) is 15.9 Å². The van der Waals surface area contributed by atoms with E-state index >= 15 is 0 Å². The van der Waals surface area contributed by atoms with Crippen LogP contribution in [0.3, 0.4) is 0 Å². The van der Waals surface area contributed by atoms with Crippen LogP contribution in [-0.4, -0.2) is 46.0 Å². The van der Waals surface area contributed by atoms with Gasteiger partial charge < -0.3 is 4.90 Å². The molecule has 4 rings (SSSR count). The Balaban J connectivity index is 1.81. The van der Waals surface area contributed by atoms with Gasteiger partial charge in [-0.3, -0.25) is 0 Å². The molecule has 0 radical (unpaired) electrons. The van der Waals surface area contributed by atoms with Crippen molar-refractivity contribution >= 4 is 39.0 Å². The molecule has 0 amide bonds. The summed E-state index contributed by atoms with van der Waals surface area (Å²) in [5.41, 5.74) is 2.46. The van der Waals surface area contributed by atoms with Gasteiger partial charge in [0.25, 0.3) is 0 Å². The average Bonchev–Trinajstić information content (AvgIpc) is 3.10. The number of fused-ring (bicyclic) bond motifs is 5. The predicted molar refractivity (Wildman–Crippen MR) is 95.8 cm³/mol. The highest BCUT2D eigenvalue weighted by Gasteiger charge is 2.24. The van der Waals surface area contributed by atoms with E-state index < -0.39 is 0 Å². The summed E-state index contributed by atoms with van der Waals surface area (Å²) >= 11 is 3.64. The van der Waals surface area contributed by atoms with Crippen molar-refractivity contribution < 1.29 is 4.90 Å². The summed E-state index contributed by atoms with van der Waals surface area (Å²) in [4.78, 5) is 13.6. The number of nitrogens with zero attached hydrogens (tertiary/aromatic N) is 4. The summed E-state index contributed by atoms with van der Waals surface area (Å²) in [7, 11) is 4.35. The number of nitrogens with one attached hydrogen (secondary N) is 1. The molecule has 0 bridgehead atoms. The van der Waals surface area contributed by atoms with E-state index in [0.29, 0.717) is 0 Å². The minimum atomic E-state index is 0.750. The number of hydrogen-bond donors (Lipinski definition) is 1. The van der Waals surface area contributed by atoms with Gasteiger partial charge in [-0.05, 0) is 30.7 Å². The van der Waals surface area contributed by atoms with Crippen LogP contribution in [0.2, 0.25) is 0 Å². The maximum Gasteiger partial charge on any atom is 0.192 e. The molecule has 0 aromatic carbocycles. The third-order valence-electron chi connectivity index (χ3n) is 4.47. The van der Waals surface area contributed by atoms with E-state index in [0.717, 1.165) is 40.3 Å². The Morgan fingerprint density at radius 1 is 1.43 bits per heavy atom. The molecule has 0 saturated heterocycles. The lowest BCUT2D eigenvalue weighted by atomic mass is 9.89. The first-order chi connectivity index (χ1) is 11.1. The number of rotatable bonds is 4. The Morgan fingerprint density at radius 2 is 2.30 bits per heavy atom. The first kappa shape index (κ1) is 15.4. The van der Waals surface area contributed by atoms with E-state index in [4.69, 9.17) is 4.98 Å². The van der Waals surface area contributed by atoms with Gasteiger partial charge in [0.1, 0.15) is 11.2 Å². The molecule has 23 heavy (non-hydrogen) atoms. The fraction of sp³-hybridized carbons (Fsp3) is 0.562. The maximum atomic E-state index is 4.94. The van der Waals surface area contributed by atoms with Gasteiger partial charge >= 0.3 is 0 Å². The van der Waals surface area contributed by atoms with Crippen LogP contribution >= 0.6 is 23.1 Å². The lowest BCUT2D eigenvalue weighted by Gasteiger charge is -2.17. The average molecular weight is 349 g/mol. The number of aryl methyl sites for hydroxylation is 1. The van der Waals surface area contributed by atoms with Crippen molar-refractivity contribution in [3.8, 4) is 0 Å². The quantitative estimate of drug-likeness (QED) is 0.576. The molecule has 7 heteroatoms. The molecule has 0 aliphatic heterocycles. The van der Waals surface area contributed by atoms with Gasteiger partial charge in [-0.1, -0.05) is 18.7 Å². The topological polar surface area (TPSA) is 47.5 Å². The van der Waals surface area contributed by atoms with E-state index in [1.165, 1.54) is 33.6 Å². The molecule has 3 heterocycles. The highest BCUT2D eigenvalue weighted by Crippen LogP contribution is 2.39. The van der Waals surface area contributed by atoms with Crippen molar-refractivity contribution in [2.24, 2.45) is 5.92 Å². The van der Waals surface area contributed by atoms with Crippen molar-refractivity contribution in [3.63, 3.8) is 0 Å². The Bertz CT molecular complexity index is 851. The summed E-state index contributed by atoms with van der Waals surface area (Å²) in [5.74, 6) is 1.79. The second-order valence-electron chi connectivity index (χ2n) is 6.73. The molecule has 3 aromatic rings. The van der Waals surface area contributed by atoms with E-state index in [-0.39, 0.29) is 0 Å². The van der Waals surface area contributed by atoms with Crippen LogP contribution < -0.4 is 4.90 Å². The minimum absolute atomic E-state index is 0.750. The molecular formula is C16H22N5S2+. The third kappa shape index (κ3) is 2.75. The highest BCUT2D eigenvalue weighted by atomic mass is 32.2. The van der Waals surface area contributed by atoms with Gasteiger partial charge in [0.2, 0.25) is 0 Å². The number of hydrogen-bond acceptors (Lipinski definition) is 5. The second-order valence-corrected chi connectivity index (χ2v) is 8.87. The molecule has 1 aliphatic rings. The van der Waals surface area contributed by atoms with Crippen molar-refractivity contribution in [3.05, 3.63) is 16.8 Å². The number of thiophene rings is 1. The van der Waals surface area contributed by atoms with Crippen molar-refractivity contribution in [2.45, 2.75) is 31.3 Å². The Morgan fingerprint density at radius 3 is 3.13 bits per heavy atom. The first-order valence-corrected chi connectivity index (χ1v) is 9.99. The first-order valence-electron chi connectivity index (χ1n) is 8.19. The van der Waals surface area contributed by atoms with Crippen LogP contribution in [0, 0.1) is 5.92 Å². The smallest absolute Gasteiger partial charge is 0.192 e. The van der Waals surface area contributed by atoms with Gasteiger partial charge in [-0.15, -0.1) is 11.3 Å². The van der Waals surface area contributed by atoms with Crippen LogP contribution in [0.5, 0.6) is 0 Å². The zero-order valence-corrected chi connectivity index (χ0v) is 15.4. The molecule has 1 atom stereocenters. The van der Waals surface area contributed by atoms with Crippen molar-refractivity contribution in [1.82, 2.24) is 19.6 Å². The Hall–Kier alpha value is -1.18. The molecule has 122 valence electrons. The number of aromatic nitrogens is 4. The molecule has 0 saturated carbocycles. The highest BCUT2D eigenvalue weighted by molar-refractivity contribution is 7.99. The summed E-state index contributed by atoms with van der Waals surface area (Å²) in [6.45, 7) is 3.45. The number of quaternary nitrogens is 1. The van der Waals surface area contributed by atoms with Gasteiger partial charge in [0, 0.05) is 4.88 Å². The fourth-order valence-corrected chi connectivity index (χ4v) is 5.55. The summed E-state index contributed by atoms with van der Waals surface area (Å²) in [6.07, 6.45) is 5.28. The van der Waals surface area contributed by atoms with E-state index in [2.05, 4.69) is 31.1 Å². The lowest BCUT2D eigenvalue weighted by Crippen LogP contribution is -3.06. The molecular weight excluding hydrogens is 326 g/mol. The molecule has 0 unspecified atom stereocenters. The van der Waals surface area contributed by atoms with E-state index in [1.54, 1.807) is 18.1 Å². The number of thioether (sulfide) groups is 1. The van der Waals surface area contributed by atoms with Crippen LogP contribution in [0.15, 0.2) is 11.5 Å². The van der Waals surface area contributed by atoms with Gasteiger partial charge in [0.05, 0.1) is 31.8 Å². The molecule has 1 N–H and O–H groups in total. The normalized spacial score (nSPS) is 18.2. The van der Waals surface area contributed by atoms with Crippen molar-refractivity contribution in [1.29, 1.82) is 0 Å². The van der Waals surface area contributed by atoms with Gasteiger partial charge in [-0.25, -0.2) is 9.97 Å². The summed E-state index contributed by atoms with van der Waals surface area (Å²) < 4.78 is 1.93. The summed E-state index contributed by atoms with van der Waals surface area (Å²) in [5, 5.41) is 6.65. The SMILES string of the molecule is C[C@H]1CCc2sc3nc(SCC[NH+](C)C)n4ncnc4c3c2C1. The molecule has 0 spiro atoms. The fourth-order valence-electron chi connectivity index (χ4n) is 3.18. The van der Waals surface area contributed by atoms with Crippen molar-refractivity contribution in [2.75, 3.05) is 26.4 Å². The zero-order valence-electron chi connectivity index (χ0n) is 13.8. The van der Waals surface area contributed by atoms with Crippen LogP contribution in [0.1, 0.15) is 23.8 Å². The molecule has 0 fully saturated rings. The maximum absolute atomic E-state index is 4.94. The monoisotopic (exact) mass is 348 g/mol. The van der Waals surface area contributed by atoms with E-state index in [1.807, 2.05) is 15.9 Å². The standard InChI is InChI=1S/C16H21N5S2/c1-10-4-5-12-11(8-10)13-14-17-9-18-21(14)16(19-15(13)23-12)22-7-6-20(2)3/h9-10H,4-8H2,1-3H3/p+1/t10-/m0/s1. The zero-order chi connectivity index (χ0) is 16.0. The van der Waals surface area contributed by atoms with Crippen LogP contribution in [-0.2, 0) is 12.8 Å². The Kier molecular flexibility index (Phi) is 4.03. The molecule has 1 aliphatic carbocycles. The van der Waals surface area contributed by atoms with Crippen LogP contribution in [0.4, 0.5) is 0 Å². The molecule has 5 nitrogen and oxygen atoms in total.